The smallest absolute Gasteiger partial charge is 0.354 e. The van der Waals surface area contributed by atoms with E-state index in [1.807, 2.05) is 0 Å². The van der Waals surface area contributed by atoms with Crippen LogP contribution < -0.4 is 10.1 Å². The second-order valence-electron chi connectivity index (χ2n) is 3.77. The number of ether oxygens (including phenoxy) is 1. The summed E-state index contributed by atoms with van der Waals surface area (Å²) in [6.45, 7) is 1.32. The van der Waals surface area contributed by atoms with Crippen LogP contribution in [0.1, 0.15) is 17.4 Å². The number of fused-ring (bicyclic) bond motifs is 1. The van der Waals surface area contributed by atoms with Crippen molar-refractivity contribution in [3.63, 3.8) is 0 Å². The van der Waals surface area contributed by atoms with Crippen molar-refractivity contribution < 1.29 is 19.4 Å². The number of methoxy groups -OCH3 is 1. The molecule has 0 fully saturated rings. The average Bonchev–Trinajstić information content (AvgIpc) is 2.67. The number of aromatic nitrogens is 1. The van der Waals surface area contributed by atoms with Gasteiger partial charge in [-0.2, -0.15) is 0 Å². The summed E-state index contributed by atoms with van der Waals surface area (Å²) in [6.07, 6.45) is 0. The first-order valence-corrected chi connectivity index (χ1v) is 5.23. The van der Waals surface area contributed by atoms with Crippen LogP contribution in [-0.2, 0) is 4.79 Å². The fourth-order valence-electron chi connectivity index (χ4n) is 1.76. The molecule has 1 aromatic carbocycles. The van der Waals surface area contributed by atoms with E-state index < -0.39 is 5.97 Å². The van der Waals surface area contributed by atoms with Crippen molar-refractivity contribution in [2.24, 2.45) is 0 Å². The third-order valence-electron chi connectivity index (χ3n) is 2.52. The van der Waals surface area contributed by atoms with Gasteiger partial charge in [-0.1, -0.05) is 0 Å². The maximum atomic E-state index is 11.1. The molecule has 0 bridgehead atoms. The standard InChI is InChI=1S/C12H12N2O4/c1-6(15)13-10-8-5-7(18-2)3-4-9(8)14-11(10)12(16)17/h3-5,14H,1-2H3,(H,13,15)(H,16,17). The van der Waals surface area contributed by atoms with Crippen LogP contribution in [0.15, 0.2) is 18.2 Å². The van der Waals surface area contributed by atoms with Crippen LogP contribution in [0.4, 0.5) is 5.69 Å². The zero-order chi connectivity index (χ0) is 13.3. The molecular formula is C12H12N2O4. The van der Waals surface area contributed by atoms with E-state index in [9.17, 15) is 9.59 Å². The van der Waals surface area contributed by atoms with Gasteiger partial charge in [-0.3, -0.25) is 4.79 Å². The molecule has 1 heterocycles. The van der Waals surface area contributed by atoms with Gasteiger partial charge >= 0.3 is 5.97 Å². The monoisotopic (exact) mass is 248 g/mol. The minimum absolute atomic E-state index is 0.0477. The predicted octanol–water partition coefficient (Wildman–Crippen LogP) is 1.83. The van der Waals surface area contributed by atoms with Crippen LogP contribution in [0, 0.1) is 0 Å². The summed E-state index contributed by atoms with van der Waals surface area (Å²) in [7, 11) is 1.52. The number of aromatic carboxylic acids is 1. The number of carbonyl (C=O) groups is 2. The topological polar surface area (TPSA) is 91.4 Å². The molecule has 2 rings (SSSR count). The van der Waals surface area contributed by atoms with Crippen molar-refractivity contribution in [3.05, 3.63) is 23.9 Å². The van der Waals surface area contributed by atoms with Crippen LogP contribution in [0.3, 0.4) is 0 Å². The molecule has 0 saturated carbocycles. The lowest BCUT2D eigenvalue weighted by Crippen LogP contribution is -2.09. The van der Waals surface area contributed by atoms with E-state index in [4.69, 9.17) is 9.84 Å². The molecule has 6 heteroatoms. The van der Waals surface area contributed by atoms with Gasteiger partial charge in [-0.25, -0.2) is 4.79 Å². The number of anilines is 1. The molecule has 0 aliphatic carbocycles. The highest BCUT2D eigenvalue weighted by Crippen LogP contribution is 2.30. The first-order valence-electron chi connectivity index (χ1n) is 5.23. The van der Waals surface area contributed by atoms with Crippen LogP contribution >= 0.6 is 0 Å². The van der Waals surface area contributed by atoms with Crippen molar-refractivity contribution >= 4 is 28.5 Å². The Labute approximate surface area is 103 Å². The van der Waals surface area contributed by atoms with Crippen LogP contribution in [0.25, 0.3) is 10.9 Å². The number of hydrogen-bond donors (Lipinski definition) is 3. The Kier molecular flexibility index (Phi) is 2.93. The third-order valence-corrected chi connectivity index (χ3v) is 2.52. The van der Waals surface area contributed by atoms with Crippen molar-refractivity contribution in [1.29, 1.82) is 0 Å². The lowest BCUT2D eigenvalue weighted by atomic mass is 10.2. The Morgan fingerprint density at radius 3 is 2.67 bits per heavy atom. The van der Waals surface area contributed by atoms with Crippen molar-refractivity contribution in [1.82, 2.24) is 4.98 Å². The number of hydrogen-bond acceptors (Lipinski definition) is 3. The number of aromatic amines is 1. The van der Waals surface area contributed by atoms with E-state index in [1.54, 1.807) is 18.2 Å². The van der Waals surface area contributed by atoms with E-state index in [2.05, 4.69) is 10.3 Å². The highest BCUT2D eigenvalue weighted by molar-refractivity contribution is 6.10. The summed E-state index contributed by atoms with van der Waals surface area (Å²) in [5, 5.41) is 12.2. The first-order chi connectivity index (χ1) is 8.52. The number of benzene rings is 1. The number of carboxylic acids is 1. The summed E-state index contributed by atoms with van der Waals surface area (Å²) in [5.41, 5.74) is 0.828. The highest BCUT2D eigenvalue weighted by atomic mass is 16.5. The normalized spacial score (nSPS) is 10.3. The minimum Gasteiger partial charge on any atom is -0.497 e. The minimum atomic E-state index is -1.13. The molecular weight excluding hydrogens is 236 g/mol. The molecule has 94 valence electrons. The van der Waals surface area contributed by atoms with Crippen molar-refractivity contribution in [3.8, 4) is 5.75 Å². The maximum absolute atomic E-state index is 11.1. The van der Waals surface area contributed by atoms with Gasteiger partial charge in [0, 0.05) is 17.8 Å². The zero-order valence-corrected chi connectivity index (χ0v) is 9.90. The van der Waals surface area contributed by atoms with Gasteiger partial charge in [0.15, 0.2) is 0 Å². The lowest BCUT2D eigenvalue weighted by molar-refractivity contribution is -0.114. The van der Waals surface area contributed by atoms with E-state index >= 15 is 0 Å². The molecule has 1 amide bonds. The Hall–Kier alpha value is -2.50. The number of carboxylic acid groups (broad SMARTS) is 1. The first kappa shape index (κ1) is 12.0. The van der Waals surface area contributed by atoms with Crippen LogP contribution in [0.5, 0.6) is 5.75 Å². The van der Waals surface area contributed by atoms with Gasteiger partial charge in [0.1, 0.15) is 11.4 Å². The Balaban J connectivity index is 2.69. The van der Waals surface area contributed by atoms with Gasteiger partial charge in [0.05, 0.1) is 12.8 Å². The lowest BCUT2D eigenvalue weighted by Gasteiger charge is -2.03. The van der Waals surface area contributed by atoms with Gasteiger partial charge < -0.3 is 20.1 Å². The fourth-order valence-corrected chi connectivity index (χ4v) is 1.76. The molecule has 0 spiro atoms. The third kappa shape index (κ3) is 2.00. The second kappa shape index (κ2) is 4.40. The summed E-state index contributed by atoms with van der Waals surface area (Å²) in [5.74, 6) is -0.875. The summed E-state index contributed by atoms with van der Waals surface area (Å²) in [6, 6.07) is 5.08. The molecule has 6 nitrogen and oxygen atoms in total. The SMILES string of the molecule is COc1ccc2[nH]c(C(=O)O)c(NC(C)=O)c2c1. The van der Waals surface area contributed by atoms with Gasteiger partial charge in [0.2, 0.25) is 5.91 Å². The fraction of sp³-hybridized carbons (Fsp3) is 0.167. The van der Waals surface area contributed by atoms with Crippen LogP contribution in [0.2, 0.25) is 0 Å². The summed E-state index contributed by atoms with van der Waals surface area (Å²) >= 11 is 0. The van der Waals surface area contributed by atoms with Crippen LogP contribution in [-0.4, -0.2) is 29.1 Å². The Morgan fingerprint density at radius 1 is 1.39 bits per heavy atom. The molecule has 0 aliphatic rings. The molecule has 2 aromatic rings. The Bertz CT molecular complexity index is 630. The number of carbonyl (C=O) groups excluding carboxylic acids is 1. The zero-order valence-electron chi connectivity index (χ0n) is 9.90. The second-order valence-corrected chi connectivity index (χ2v) is 3.77. The number of H-pyrrole nitrogens is 1. The van der Waals surface area contributed by atoms with E-state index in [1.165, 1.54) is 14.0 Å². The summed E-state index contributed by atoms with van der Waals surface area (Å²) in [4.78, 5) is 25.0. The molecule has 0 saturated heterocycles. The number of amides is 1. The number of rotatable bonds is 3. The quantitative estimate of drug-likeness (QED) is 0.772. The predicted molar refractivity (Wildman–Crippen MR) is 66.1 cm³/mol. The molecule has 1 aromatic heterocycles. The largest absolute Gasteiger partial charge is 0.497 e. The highest BCUT2D eigenvalue weighted by Gasteiger charge is 2.18. The summed E-state index contributed by atoms with van der Waals surface area (Å²) < 4.78 is 5.08. The maximum Gasteiger partial charge on any atom is 0.354 e. The Morgan fingerprint density at radius 2 is 2.11 bits per heavy atom. The average molecular weight is 248 g/mol. The molecule has 0 unspecified atom stereocenters. The molecule has 0 atom stereocenters. The van der Waals surface area contributed by atoms with E-state index in [0.29, 0.717) is 16.7 Å². The molecule has 0 aliphatic heterocycles. The van der Waals surface area contributed by atoms with Gasteiger partial charge in [-0.15, -0.1) is 0 Å². The van der Waals surface area contributed by atoms with E-state index in [-0.39, 0.29) is 17.3 Å². The van der Waals surface area contributed by atoms with Crippen molar-refractivity contribution in [2.45, 2.75) is 6.92 Å². The van der Waals surface area contributed by atoms with Gasteiger partial charge in [-0.05, 0) is 18.2 Å². The van der Waals surface area contributed by atoms with Crippen molar-refractivity contribution in [2.75, 3.05) is 12.4 Å². The van der Waals surface area contributed by atoms with E-state index in [0.717, 1.165) is 0 Å². The number of nitrogens with one attached hydrogen (secondary N) is 2. The van der Waals surface area contributed by atoms with Gasteiger partial charge in [0.25, 0.3) is 0 Å². The molecule has 0 radical (unpaired) electrons. The molecule has 3 N–H and O–H groups in total. The molecule has 18 heavy (non-hydrogen) atoms.